The van der Waals surface area contributed by atoms with Crippen molar-refractivity contribution in [1.29, 1.82) is 0 Å². The van der Waals surface area contributed by atoms with Crippen LogP contribution in [0.2, 0.25) is 0 Å². The Morgan fingerprint density at radius 2 is 1.77 bits per heavy atom. The van der Waals surface area contributed by atoms with Gasteiger partial charge in [-0.3, -0.25) is 4.79 Å². The van der Waals surface area contributed by atoms with Gasteiger partial charge in [0.2, 0.25) is 0 Å². The lowest BCUT2D eigenvalue weighted by atomic mass is 10.1. The topological polar surface area (TPSA) is 88.5 Å². The van der Waals surface area contributed by atoms with Crippen LogP contribution in [0.4, 0.5) is 5.69 Å². The standard InChI is InChI=1S/C25H20N2O4/c1-16-6-4-11-22(23(16)25(29)30)27-24(28)18-8-5-9-20(14-18)31-15-19-13-12-17-7-2-3-10-21(17)26-19/h2-14H,15H2,1H3,(H,27,28)(H,29,30). The second-order valence-corrected chi connectivity index (χ2v) is 7.07. The van der Waals surface area contributed by atoms with Gasteiger partial charge in [-0.25, -0.2) is 9.78 Å². The van der Waals surface area contributed by atoms with E-state index in [4.69, 9.17) is 4.74 Å². The number of fused-ring (bicyclic) bond motifs is 1. The lowest BCUT2D eigenvalue weighted by molar-refractivity contribution is 0.0697. The Morgan fingerprint density at radius 1 is 0.968 bits per heavy atom. The third-order valence-electron chi connectivity index (χ3n) is 4.87. The van der Waals surface area contributed by atoms with Gasteiger partial charge in [0.25, 0.3) is 5.91 Å². The molecule has 0 radical (unpaired) electrons. The van der Waals surface area contributed by atoms with E-state index in [1.807, 2.05) is 36.4 Å². The first-order valence-electron chi connectivity index (χ1n) is 9.73. The number of rotatable bonds is 6. The number of nitrogens with zero attached hydrogens (tertiary/aromatic N) is 1. The minimum atomic E-state index is -1.09. The van der Waals surface area contributed by atoms with Crippen LogP contribution in [0.15, 0.2) is 78.9 Å². The van der Waals surface area contributed by atoms with E-state index >= 15 is 0 Å². The van der Waals surface area contributed by atoms with E-state index in [0.717, 1.165) is 16.6 Å². The molecular weight excluding hydrogens is 392 g/mol. The molecule has 3 aromatic carbocycles. The number of carbonyl (C=O) groups excluding carboxylic acids is 1. The zero-order valence-electron chi connectivity index (χ0n) is 16.8. The Morgan fingerprint density at radius 3 is 2.61 bits per heavy atom. The molecule has 0 unspecified atom stereocenters. The number of anilines is 1. The Balaban J connectivity index is 1.48. The van der Waals surface area contributed by atoms with Crippen LogP contribution in [0.25, 0.3) is 10.9 Å². The molecule has 6 nitrogen and oxygen atoms in total. The van der Waals surface area contributed by atoms with Crippen molar-refractivity contribution in [1.82, 2.24) is 4.98 Å². The number of benzene rings is 3. The van der Waals surface area contributed by atoms with E-state index in [1.165, 1.54) is 0 Å². The monoisotopic (exact) mass is 412 g/mol. The van der Waals surface area contributed by atoms with Crippen LogP contribution in [0.5, 0.6) is 5.75 Å². The molecule has 0 aliphatic carbocycles. The maximum Gasteiger partial charge on any atom is 0.338 e. The fourth-order valence-electron chi connectivity index (χ4n) is 3.32. The molecule has 0 saturated carbocycles. The highest BCUT2D eigenvalue weighted by molar-refractivity contribution is 6.08. The molecule has 1 heterocycles. The Hall–Kier alpha value is -4.19. The van der Waals surface area contributed by atoms with Crippen LogP contribution in [0.3, 0.4) is 0 Å². The molecule has 0 atom stereocenters. The number of carboxylic acids is 1. The first-order valence-corrected chi connectivity index (χ1v) is 9.73. The molecule has 0 aliphatic heterocycles. The Bertz CT molecular complexity index is 1280. The summed E-state index contributed by atoms with van der Waals surface area (Å²) in [4.78, 5) is 28.8. The van der Waals surface area contributed by atoms with Gasteiger partial charge in [-0.05, 0) is 48.9 Å². The summed E-state index contributed by atoms with van der Waals surface area (Å²) < 4.78 is 5.83. The van der Waals surface area contributed by atoms with Crippen molar-refractivity contribution < 1.29 is 19.4 Å². The molecule has 0 fully saturated rings. The second kappa shape index (κ2) is 8.67. The highest BCUT2D eigenvalue weighted by atomic mass is 16.5. The summed E-state index contributed by atoms with van der Waals surface area (Å²) >= 11 is 0. The summed E-state index contributed by atoms with van der Waals surface area (Å²) in [5.74, 6) is -0.985. The van der Waals surface area contributed by atoms with E-state index in [0.29, 0.717) is 16.9 Å². The molecule has 1 aromatic heterocycles. The molecule has 4 aromatic rings. The summed E-state index contributed by atoms with van der Waals surface area (Å²) in [6.45, 7) is 1.95. The molecule has 154 valence electrons. The van der Waals surface area contributed by atoms with Crippen molar-refractivity contribution in [3.05, 3.63) is 101 Å². The summed E-state index contributed by atoms with van der Waals surface area (Å²) in [5, 5.41) is 13.2. The quantitative estimate of drug-likeness (QED) is 0.461. The van der Waals surface area contributed by atoms with Gasteiger partial charge < -0.3 is 15.2 Å². The third-order valence-corrected chi connectivity index (χ3v) is 4.87. The van der Waals surface area contributed by atoms with Crippen LogP contribution in [-0.4, -0.2) is 22.0 Å². The van der Waals surface area contributed by atoms with Crippen LogP contribution < -0.4 is 10.1 Å². The van der Waals surface area contributed by atoms with Crippen molar-refractivity contribution in [3.8, 4) is 5.75 Å². The van der Waals surface area contributed by atoms with Crippen molar-refractivity contribution in [3.63, 3.8) is 0 Å². The van der Waals surface area contributed by atoms with Gasteiger partial charge in [0, 0.05) is 10.9 Å². The number of hydrogen-bond acceptors (Lipinski definition) is 4. The summed E-state index contributed by atoms with van der Waals surface area (Å²) in [5.41, 5.74) is 2.94. The molecular formula is C25H20N2O4. The number of aromatic nitrogens is 1. The van der Waals surface area contributed by atoms with Gasteiger partial charge >= 0.3 is 5.97 Å². The van der Waals surface area contributed by atoms with E-state index in [1.54, 1.807) is 49.4 Å². The fraction of sp³-hybridized carbons (Fsp3) is 0.0800. The van der Waals surface area contributed by atoms with E-state index in [-0.39, 0.29) is 17.9 Å². The predicted octanol–water partition coefficient (Wildman–Crippen LogP) is 5.07. The first-order chi connectivity index (χ1) is 15.0. The van der Waals surface area contributed by atoms with Gasteiger partial charge in [-0.2, -0.15) is 0 Å². The molecule has 2 N–H and O–H groups in total. The van der Waals surface area contributed by atoms with Gasteiger partial charge in [0.15, 0.2) is 0 Å². The summed E-state index contributed by atoms with van der Waals surface area (Å²) in [6.07, 6.45) is 0. The highest BCUT2D eigenvalue weighted by Crippen LogP contribution is 2.22. The van der Waals surface area contributed by atoms with Gasteiger partial charge in [0.05, 0.1) is 22.5 Å². The SMILES string of the molecule is Cc1cccc(NC(=O)c2cccc(OCc3ccc4ccccc4n3)c2)c1C(=O)O. The molecule has 0 bridgehead atoms. The van der Waals surface area contributed by atoms with E-state index in [2.05, 4.69) is 10.3 Å². The van der Waals surface area contributed by atoms with Crippen molar-refractivity contribution in [2.75, 3.05) is 5.32 Å². The smallest absolute Gasteiger partial charge is 0.338 e. The lowest BCUT2D eigenvalue weighted by Crippen LogP contribution is -2.15. The van der Waals surface area contributed by atoms with Crippen molar-refractivity contribution in [2.24, 2.45) is 0 Å². The third kappa shape index (κ3) is 4.53. The number of aryl methyl sites for hydroxylation is 1. The van der Waals surface area contributed by atoms with Crippen molar-refractivity contribution in [2.45, 2.75) is 13.5 Å². The highest BCUT2D eigenvalue weighted by Gasteiger charge is 2.16. The van der Waals surface area contributed by atoms with Crippen LogP contribution in [-0.2, 0) is 6.61 Å². The fourth-order valence-corrected chi connectivity index (χ4v) is 3.32. The molecule has 0 spiro atoms. The number of para-hydroxylation sites is 1. The van der Waals surface area contributed by atoms with Gasteiger partial charge in [-0.1, -0.05) is 42.5 Å². The average Bonchev–Trinajstić information content (AvgIpc) is 2.77. The van der Waals surface area contributed by atoms with Crippen LogP contribution in [0, 0.1) is 6.92 Å². The maximum absolute atomic E-state index is 12.7. The normalized spacial score (nSPS) is 10.6. The molecule has 1 amide bonds. The lowest BCUT2D eigenvalue weighted by Gasteiger charge is -2.12. The van der Waals surface area contributed by atoms with Gasteiger partial charge in [-0.15, -0.1) is 0 Å². The first kappa shape index (κ1) is 20.1. The number of hydrogen-bond donors (Lipinski definition) is 2. The minimum Gasteiger partial charge on any atom is -0.487 e. The molecule has 0 aliphatic rings. The maximum atomic E-state index is 12.7. The van der Waals surface area contributed by atoms with Crippen LogP contribution >= 0.6 is 0 Å². The zero-order chi connectivity index (χ0) is 21.8. The number of nitrogens with one attached hydrogen (secondary N) is 1. The average molecular weight is 412 g/mol. The number of pyridine rings is 1. The number of ether oxygens (including phenoxy) is 1. The molecule has 6 heteroatoms. The summed E-state index contributed by atoms with van der Waals surface area (Å²) in [7, 11) is 0. The molecule has 0 saturated heterocycles. The number of carbonyl (C=O) groups is 2. The molecule has 31 heavy (non-hydrogen) atoms. The van der Waals surface area contributed by atoms with E-state index < -0.39 is 11.9 Å². The number of aromatic carboxylic acids is 1. The largest absolute Gasteiger partial charge is 0.487 e. The van der Waals surface area contributed by atoms with Gasteiger partial charge in [0.1, 0.15) is 12.4 Å². The minimum absolute atomic E-state index is 0.0747. The van der Waals surface area contributed by atoms with E-state index in [9.17, 15) is 14.7 Å². The second-order valence-electron chi connectivity index (χ2n) is 7.07. The molecule has 4 rings (SSSR count). The summed E-state index contributed by atoms with van der Waals surface area (Å²) in [6, 6.07) is 23.4. The predicted molar refractivity (Wildman–Crippen MR) is 119 cm³/mol. The number of carboxylic acid groups (broad SMARTS) is 1. The van der Waals surface area contributed by atoms with Crippen LogP contribution in [0.1, 0.15) is 32.0 Å². The Labute approximate surface area is 179 Å². The zero-order valence-corrected chi connectivity index (χ0v) is 16.8. The van der Waals surface area contributed by atoms with Crippen molar-refractivity contribution >= 4 is 28.5 Å². The Kier molecular flexibility index (Phi) is 5.62. The number of amides is 1.